The first-order valence-corrected chi connectivity index (χ1v) is 8.76. The number of esters is 1. The number of carbonyl (C=O) groups is 1. The number of hydrogen-bond donors (Lipinski definition) is 0. The van der Waals surface area contributed by atoms with Gasteiger partial charge in [-0.3, -0.25) is 0 Å². The summed E-state index contributed by atoms with van der Waals surface area (Å²) in [4.78, 5) is 16.3. The molecule has 0 fully saturated rings. The van der Waals surface area contributed by atoms with E-state index in [0.29, 0.717) is 11.1 Å². The zero-order valence-corrected chi connectivity index (χ0v) is 15.0. The number of halogens is 3. The van der Waals surface area contributed by atoms with Crippen LogP contribution in [-0.4, -0.2) is 11.9 Å². The average molecular weight is 393 g/mol. The van der Waals surface area contributed by atoms with E-state index in [2.05, 4.69) is 4.99 Å². The zero-order valence-electron chi connectivity index (χ0n) is 15.0. The van der Waals surface area contributed by atoms with Crippen LogP contribution in [0.1, 0.15) is 16.7 Å². The fourth-order valence-corrected chi connectivity index (χ4v) is 2.89. The molecule has 0 bridgehead atoms. The SMILES string of the molecule is O=C1OC(c2ccc(-c3ccccc3)cc2)=N/C1=C\c1ccc(C(F)(F)F)cc1. The number of benzene rings is 3. The molecule has 6 heteroatoms. The highest BCUT2D eigenvalue weighted by molar-refractivity contribution is 6.12. The molecule has 0 radical (unpaired) electrons. The molecular formula is C23H14F3NO2. The van der Waals surface area contributed by atoms with Crippen molar-refractivity contribution in [2.24, 2.45) is 4.99 Å². The van der Waals surface area contributed by atoms with Crippen LogP contribution < -0.4 is 0 Å². The van der Waals surface area contributed by atoms with Crippen LogP contribution in [0.3, 0.4) is 0 Å². The van der Waals surface area contributed by atoms with Gasteiger partial charge < -0.3 is 4.74 Å². The van der Waals surface area contributed by atoms with Crippen molar-refractivity contribution in [1.82, 2.24) is 0 Å². The number of aliphatic imine (C=N–C) groups is 1. The summed E-state index contributed by atoms with van der Waals surface area (Å²) in [6.07, 6.45) is -3.01. The van der Waals surface area contributed by atoms with Gasteiger partial charge in [0.05, 0.1) is 5.56 Å². The molecule has 4 rings (SSSR count). The molecule has 0 aromatic heterocycles. The van der Waals surface area contributed by atoms with Gasteiger partial charge in [-0.1, -0.05) is 54.6 Å². The lowest BCUT2D eigenvalue weighted by Gasteiger charge is -2.05. The molecule has 0 atom stereocenters. The lowest BCUT2D eigenvalue weighted by Crippen LogP contribution is -2.05. The summed E-state index contributed by atoms with van der Waals surface area (Å²) in [6.45, 7) is 0. The lowest BCUT2D eigenvalue weighted by atomic mass is 10.0. The number of rotatable bonds is 3. The van der Waals surface area contributed by atoms with E-state index < -0.39 is 17.7 Å². The summed E-state index contributed by atoms with van der Waals surface area (Å²) >= 11 is 0. The van der Waals surface area contributed by atoms with Gasteiger partial charge in [0.25, 0.3) is 0 Å². The van der Waals surface area contributed by atoms with E-state index in [-0.39, 0.29) is 11.6 Å². The summed E-state index contributed by atoms with van der Waals surface area (Å²) in [6, 6.07) is 21.7. The Kier molecular flexibility index (Phi) is 4.76. The minimum Gasteiger partial charge on any atom is -0.402 e. The standard InChI is InChI=1S/C23H14F3NO2/c24-23(25,26)19-12-6-15(7-13-19)14-20-22(28)29-21(27-20)18-10-8-17(9-11-18)16-4-2-1-3-5-16/h1-14H/b20-14-. The van der Waals surface area contributed by atoms with Gasteiger partial charge in [0.1, 0.15) is 0 Å². The highest BCUT2D eigenvalue weighted by Gasteiger charge is 2.30. The Bertz CT molecular complexity index is 1100. The number of carbonyl (C=O) groups excluding carboxylic acids is 1. The fourth-order valence-electron chi connectivity index (χ4n) is 2.89. The van der Waals surface area contributed by atoms with E-state index >= 15 is 0 Å². The molecule has 1 aliphatic rings. The van der Waals surface area contributed by atoms with Crippen molar-refractivity contribution < 1.29 is 22.7 Å². The van der Waals surface area contributed by atoms with E-state index in [1.165, 1.54) is 18.2 Å². The normalized spacial score (nSPS) is 15.3. The third-order valence-electron chi connectivity index (χ3n) is 4.40. The van der Waals surface area contributed by atoms with Crippen LogP contribution in [0.4, 0.5) is 13.2 Å². The highest BCUT2D eigenvalue weighted by Crippen LogP contribution is 2.30. The van der Waals surface area contributed by atoms with E-state index in [0.717, 1.165) is 23.3 Å². The Labute approximate surface area is 164 Å². The second kappa shape index (κ2) is 7.39. The van der Waals surface area contributed by atoms with Crippen molar-refractivity contribution in [3.63, 3.8) is 0 Å². The molecule has 0 saturated heterocycles. The van der Waals surface area contributed by atoms with E-state index in [1.54, 1.807) is 12.1 Å². The fraction of sp³-hybridized carbons (Fsp3) is 0.0435. The minimum absolute atomic E-state index is 0.0342. The number of cyclic esters (lactones) is 1. The maximum absolute atomic E-state index is 12.7. The molecule has 1 aliphatic heterocycles. The Balaban J connectivity index is 1.56. The Morgan fingerprint density at radius 2 is 1.34 bits per heavy atom. The van der Waals surface area contributed by atoms with Crippen molar-refractivity contribution >= 4 is 17.9 Å². The van der Waals surface area contributed by atoms with E-state index in [4.69, 9.17) is 4.74 Å². The van der Waals surface area contributed by atoms with Gasteiger partial charge in [0, 0.05) is 5.56 Å². The van der Waals surface area contributed by atoms with Crippen molar-refractivity contribution in [1.29, 1.82) is 0 Å². The van der Waals surface area contributed by atoms with Crippen LogP contribution in [-0.2, 0) is 15.7 Å². The van der Waals surface area contributed by atoms with Gasteiger partial charge in [-0.2, -0.15) is 13.2 Å². The second-order valence-corrected chi connectivity index (χ2v) is 6.40. The van der Waals surface area contributed by atoms with Gasteiger partial charge in [-0.25, -0.2) is 9.79 Å². The largest absolute Gasteiger partial charge is 0.416 e. The molecule has 0 unspecified atom stereocenters. The molecule has 0 spiro atoms. The number of hydrogen-bond acceptors (Lipinski definition) is 3. The maximum Gasteiger partial charge on any atom is 0.416 e. The van der Waals surface area contributed by atoms with Gasteiger partial charge in [-0.05, 0) is 47.0 Å². The highest BCUT2D eigenvalue weighted by atomic mass is 19.4. The topological polar surface area (TPSA) is 38.7 Å². The predicted octanol–water partition coefficient (Wildman–Crippen LogP) is 5.72. The van der Waals surface area contributed by atoms with Gasteiger partial charge >= 0.3 is 12.1 Å². The molecule has 3 aromatic carbocycles. The molecule has 3 nitrogen and oxygen atoms in total. The number of nitrogens with zero attached hydrogens (tertiary/aromatic N) is 1. The van der Waals surface area contributed by atoms with Crippen LogP contribution in [0.5, 0.6) is 0 Å². The monoisotopic (exact) mass is 393 g/mol. The zero-order chi connectivity index (χ0) is 20.4. The summed E-state index contributed by atoms with van der Waals surface area (Å²) in [7, 11) is 0. The van der Waals surface area contributed by atoms with Crippen molar-refractivity contribution in [3.05, 3.63) is 101 Å². The summed E-state index contributed by atoms with van der Waals surface area (Å²) in [5.74, 6) is -0.486. The van der Waals surface area contributed by atoms with Crippen LogP contribution >= 0.6 is 0 Å². The molecule has 0 amide bonds. The number of alkyl halides is 3. The van der Waals surface area contributed by atoms with Crippen LogP contribution in [0.25, 0.3) is 17.2 Å². The van der Waals surface area contributed by atoms with Gasteiger partial charge in [0.15, 0.2) is 5.70 Å². The molecule has 3 aromatic rings. The van der Waals surface area contributed by atoms with Crippen LogP contribution in [0, 0.1) is 0 Å². The summed E-state index contributed by atoms with van der Waals surface area (Å²) in [5, 5.41) is 0. The third kappa shape index (κ3) is 4.11. The van der Waals surface area contributed by atoms with Gasteiger partial charge in [-0.15, -0.1) is 0 Å². The molecule has 0 N–H and O–H groups in total. The summed E-state index contributed by atoms with van der Waals surface area (Å²) in [5.41, 5.74) is 2.42. The molecule has 29 heavy (non-hydrogen) atoms. The molecule has 0 saturated carbocycles. The van der Waals surface area contributed by atoms with E-state index in [9.17, 15) is 18.0 Å². The average Bonchev–Trinajstić information content (AvgIpc) is 3.09. The van der Waals surface area contributed by atoms with Gasteiger partial charge in [0.2, 0.25) is 5.90 Å². The number of ether oxygens (including phenoxy) is 1. The first-order chi connectivity index (χ1) is 13.9. The first kappa shape index (κ1) is 18.7. The first-order valence-electron chi connectivity index (χ1n) is 8.76. The van der Waals surface area contributed by atoms with Crippen molar-refractivity contribution in [2.75, 3.05) is 0 Å². The molecular weight excluding hydrogens is 379 g/mol. The molecule has 144 valence electrons. The third-order valence-corrected chi connectivity index (χ3v) is 4.40. The minimum atomic E-state index is -4.41. The molecule has 1 heterocycles. The maximum atomic E-state index is 12.7. The van der Waals surface area contributed by atoms with Crippen molar-refractivity contribution in [3.8, 4) is 11.1 Å². The van der Waals surface area contributed by atoms with Crippen LogP contribution in [0.15, 0.2) is 89.6 Å². The smallest absolute Gasteiger partial charge is 0.402 e. The van der Waals surface area contributed by atoms with Crippen LogP contribution in [0.2, 0.25) is 0 Å². The van der Waals surface area contributed by atoms with Crippen molar-refractivity contribution in [2.45, 2.75) is 6.18 Å². The Morgan fingerprint density at radius 3 is 1.97 bits per heavy atom. The second-order valence-electron chi connectivity index (χ2n) is 6.40. The lowest BCUT2D eigenvalue weighted by molar-refractivity contribution is -0.137. The van der Waals surface area contributed by atoms with E-state index in [1.807, 2.05) is 42.5 Å². The Morgan fingerprint density at radius 1 is 0.759 bits per heavy atom. The summed E-state index contributed by atoms with van der Waals surface area (Å²) < 4.78 is 43.2. The quantitative estimate of drug-likeness (QED) is 0.422. The molecule has 0 aliphatic carbocycles. The predicted molar refractivity (Wildman–Crippen MR) is 104 cm³/mol. The Hall–Kier alpha value is -3.67.